The molecule has 0 aromatic carbocycles. The van der Waals surface area contributed by atoms with Crippen LogP contribution in [0.25, 0.3) is 0 Å². The van der Waals surface area contributed by atoms with E-state index in [1.54, 1.807) is 0 Å². The van der Waals surface area contributed by atoms with Crippen molar-refractivity contribution in [2.24, 2.45) is 5.92 Å². The standard InChI is InChI=1S/C17H35N3O/c1-18-10-12-20(13-11-18)15-17(21)14-19(2)9-5-8-16-6-3-4-7-16/h16-17,21H,3-15H2,1-2H3. The number of nitrogens with zero attached hydrogens (tertiary/aromatic N) is 3. The van der Waals surface area contributed by atoms with Crippen molar-refractivity contribution in [3.05, 3.63) is 0 Å². The number of hydrogen-bond donors (Lipinski definition) is 1. The molecule has 1 atom stereocenters. The van der Waals surface area contributed by atoms with Crippen LogP contribution in [0.4, 0.5) is 0 Å². The van der Waals surface area contributed by atoms with Gasteiger partial charge in [-0.25, -0.2) is 0 Å². The van der Waals surface area contributed by atoms with E-state index in [4.69, 9.17) is 0 Å². The monoisotopic (exact) mass is 297 g/mol. The van der Waals surface area contributed by atoms with Gasteiger partial charge in [0.2, 0.25) is 0 Å². The fourth-order valence-electron chi connectivity index (χ4n) is 3.79. The molecule has 2 rings (SSSR count). The highest BCUT2D eigenvalue weighted by Crippen LogP contribution is 2.28. The Morgan fingerprint density at radius 2 is 1.81 bits per heavy atom. The third-order valence-corrected chi connectivity index (χ3v) is 5.21. The van der Waals surface area contributed by atoms with Gasteiger partial charge < -0.3 is 14.9 Å². The lowest BCUT2D eigenvalue weighted by Crippen LogP contribution is -2.48. The quantitative estimate of drug-likeness (QED) is 0.735. The lowest BCUT2D eigenvalue weighted by atomic mass is 10.0. The first-order valence-electron chi connectivity index (χ1n) is 8.91. The second-order valence-electron chi connectivity index (χ2n) is 7.31. The molecular weight excluding hydrogens is 262 g/mol. The summed E-state index contributed by atoms with van der Waals surface area (Å²) >= 11 is 0. The van der Waals surface area contributed by atoms with Crippen molar-refractivity contribution in [1.82, 2.24) is 14.7 Å². The first-order chi connectivity index (χ1) is 10.1. The second-order valence-corrected chi connectivity index (χ2v) is 7.31. The van der Waals surface area contributed by atoms with Crippen molar-refractivity contribution in [1.29, 1.82) is 0 Å². The maximum absolute atomic E-state index is 10.3. The molecule has 0 amide bonds. The molecule has 0 bridgehead atoms. The molecule has 21 heavy (non-hydrogen) atoms. The van der Waals surface area contributed by atoms with Gasteiger partial charge in [0.25, 0.3) is 0 Å². The molecule has 0 spiro atoms. The summed E-state index contributed by atoms with van der Waals surface area (Å²) in [5, 5.41) is 10.3. The van der Waals surface area contributed by atoms with Crippen molar-refractivity contribution in [3.8, 4) is 0 Å². The smallest absolute Gasteiger partial charge is 0.0793 e. The number of aliphatic hydroxyl groups is 1. The molecule has 0 aromatic heterocycles. The van der Waals surface area contributed by atoms with Gasteiger partial charge in [0.15, 0.2) is 0 Å². The molecular formula is C17H35N3O. The van der Waals surface area contributed by atoms with Crippen LogP contribution < -0.4 is 0 Å². The highest BCUT2D eigenvalue weighted by molar-refractivity contribution is 4.74. The number of likely N-dealkylation sites (N-methyl/N-ethyl adjacent to an activating group) is 2. The van der Waals surface area contributed by atoms with Crippen LogP contribution >= 0.6 is 0 Å². The Labute approximate surface area is 131 Å². The molecule has 124 valence electrons. The highest BCUT2D eigenvalue weighted by Gasteiger charge is 2.18. The van der Waals surface area contributed by atoms with Crippen LogP contribution in [0.15, 0.2) is 0 Å². The number of hydrogen-bond acceptors (Lipinski definition) is 4. The molecule has 1 saturated carbocycles. The number of β-amino-alcohol motifs (C(OH)–C–C–N with tert-alkyl or cyclic N) is 1. The number of piperazine rings is 1. The van der Waals surface area contributed by atoms with Crippen molar-refractivity contribution in [2.75, 3.05) is 59.9 Å². The van der Waals surface area contributed by atoms with E-state index < -0.39 is 0 Å². The fraction of sp³-hybridized carbons (Fsp3) is 1.00. The topological polar surface area (TPSA) is 30.0 Å². The average Bonchev–Trinajstić information content (AvgIpc) is 2.94. The summed E-state index contributed by atoms with van der Waals surface area (Å²) in [4.78, 5) is 7.07. The summed E-state index contributed by atoms with van der Waals surface area (Å²) in [5.41, 5.74) is 0. The molecule has 4 nitrogen and oxygen atoms in total. The molecule has 2 fully saturated rings. The second kappa shape index (κ2) is 9.09. The Hall–Kier alpha value is -0.160. The summed E-state index contributed by atoms with van der Waals surface area (Å²) < 4.78 is 0. The molecule has 1 aliphatic carbocycles. The lowest BCUT2D eigenvalue weighted by molar-refractivity contribution is 0.0603. The average molecular weight is 297 g/mol. The zero-order valence-corrected chi connectivity index (χ0v) is 14.1. The van der Waals surface area contributed by atoms with E-state index in [-0.39, 0.29) is 6.10 Å². The summed E-state index contributed by atoms with van der Waals surface area (Å²) in [6.07, 6.45) is 8.28. The SMILES string of the molecule is CN1CCN(CC(O)CN(C)CCCC2CCCC2)CC1. The predicted octanol–water partition coefficient (Wildman–Crippen LogP) is 1.50. The Morgan fingerprint density at radius 1 is 1.14 bits per heavy atom. The first-order valence-corrected chi connectivity index (χ1v) is 8.91. The molecule has 1 aliphatic heterocycles. The van der Waals surface area contributed by atoms with Gasteiger partial charge in [-0.2, -0.15) is 0 Å². The van der Waals surface area contributed by atoms with Gasteiger partial charge in [-0.1, -0.05) is 25.7 Å². The van der Waals surface area contributed by atoms with E-state index in [1.807, 2.05) is 0 Å². The lowest BCUT2D eigenvalue weighted by Gasteiger charge is -2.34. The summed E-state index contributed by atoms with van der Waals surface area (Å²) in [6.45, 7) is 7.24. The van der Waals surface area contributed by atoms with Crippen LogP contribution in [0.1, 0.15) is 38.5 Å². The van der Waals surface area contributed by atoms with Crippen LogP contribution in [0.2, 0.25) is 0 Å². The molecule has 1 heterocycles. The van der Waals surface area contributed by atoms with Crippen molar-refractivity contribution in [2.45, 2.75) is 44.6 Å². The summed E-state index contributed by atoms with van der Waals surface area (Å²) in [5.74, 6) is 0.994. The Balaban J connectivity index is 1.52. The minimum Gasteiger partial charge on any atom is -0.390 e. The summed E-state index contributed by atoms with van der Waals surface area (Å²) in [7, 11) is 4.33. The third-order valence-electron chi connectivity index (χ3n) is 5.21. The zero-order chi connectivity index (χ0) is 15.1. The van der Waals surface area contributed by atoms with Gasteiger partial charge in [-0.3, -0.25) is 4.90 Å². The number of rotatable bonds is 8. The molecule has 4 heteroatoms. The van der Waals surface area contributed by atoms with E-state index in [9.17, 15) is 5.11 Å². The van der Waals surface area contributed by atoms with E-state index in [1.165, 1.54) is 38.5 Å². The van der Waals surface area contributed by atoms with Gasteiger partial charge in [0, 0.05) is 39.3 Å². The molecule has 1 N–H and O–H groups in total. The maximum Gasteiger partial charge on any atom is 0.0793 e. The molecule has 0 radical (unpaired) electrons. The Kier molecular flexibility index (Phi) is 7.44. The van der Waals surface area contributed by atoms with Crippen LogP contribution in [0.3, 0.4) is 0 Å². The van der Waals surface area contributed by atoms with Crippen molar-refractivity contribution in [3.63, 3.8) is 0 Å². The minimum atomic E-state index is -0.204. The maximum atomic E-state index is 10.3. The fourth-order valence-corrected chi connectivity index (χ4v) is 3.79. The van der Waals surface area contributed by atoms with Gasteiger partial charge >= 0.3 is 0 Å². The van der Waals surface area contributed by atoms with Crippen LogP contribution in [0.5, 0.6) is 0 Å². The molecule has 1 unspecified atom stereocenters. The molecule has 0 aromatic rings. The Bertz CT molecular complexity index is 273. The van der Waals surface area contributed by atoms with Gasteiger partial charge in [-0.05, 0) is 39.4 Å². The van der Waals surface area contributed by atoms with E-state index >= 15 is 0 Å². The predicted molar refractivity (Wildman–Crippen MR) is 88.6 cm³/mol. The van der Waals surface area contributed by atoms with E-state index in [0.29, 0.717) is 0 Å². The number of aliphatic hydroxyl groups excluding tert-OH is 1. The molecule has 2 aliphatic rings. The van der Waals surface area contributed by atoms with E-state index in [0.717, 1.165) is 51.7 Å². The highest BCUT2D eigenvalue weighted by atomic mass is 16.3. The van der Waals surface area contributed by atoms with Crippen molar-refractivity contribution >= 4 is 0 Å². The first kappa shape index (κ1) is 17.2. The van der Waals surface area contributed by atoms with Gasteiger partial charge in [0.1, 0.15) is 0 Å². The van der Waals surface area contributed by atoms with E-state index in [2.05, 4.69) is 28.8 Å². The van der Waals surface area contributed by atoms with Crippen molar-refractivity contribution < 1.29 is 5.11 Å². The zero-order valence-electron chi connectivity index (χ0n) is 14.1. The third kappa shape index (κ3) is 6.64. The van der Waals surface area contributed by atoms with Crippen LogP contribution in [-0.4, -0.2) is 85.8 Å². The minimum absolute atomic E-state index is 0.204. The largest absolute Gasteiger partial charge is 0.390 e. The van der Waals surface area contributed by atoms with Gasteiger partial charge in [-0.15, -0.1) is 0 Å². The Morgan fingerprint density at radius 3 is 2.48 bits per heavy atom. The summed E-state index contributed by atoms with van der Waals surface area (Å²) in [6, 6.07) is 0. The molecule has 1 saturated heterocycles. The van der Waals surface area contributed by atoms with Gasteiger partial charge in [0.05, 0.1) is 6.10 Å². The van der Waals surface area contributed by atoms with Crippen LogP contribution in [-0.2, 0) is 0 Å². The van der Waals surface area contributed by atoms with Crippen LogP contribution in [0, 0.1) is 5.92 Å². The normalized spacial score (nSPS) is 24.0.